The van der Waals surface area contributed by atoms with Crippen LogP contribution in [-0.4, -0.2) is 30.1 Å². The molecule has 0 radical (unpaired) electrons. The average Bonchev–Trinajstić information content (AvgIpc) is 2.34. The molecule has 1 rings (SSSR count). The van der Waals surface area contributed by atoms with Gasteiger partial charge in [-0.05, 0) is 52.8 Å². The van der Waals surface area contributed by atoms with Gasteiger partial charge in [0.1, 0.15) is 18.2 Å². The van der Waals surface area contributed by atoms with E-state index in [-0.39, 0.29) is 11.9 Å². The van der Waals surface area contributed by atoms with Gasteiger partial charge in [-0.1, -0.05) is 0 Å². The Balaban J connectivity index is 2.66. The van der Waals surface area contributed by atoms with Crippen LogP contribution in [0.2, 0.25) is 0 Å². The summed E-state index contributed by atoms with van der Waals surface area (Å²) in [5.41, 5.74) is 6.57. The number of nitrogens with two attached hydrogens (primary N) is 1. The fraction of sp³-hybridized carbons (Fsp3) is 0.625. The predicted octanol–water partition coefficient (Wildman–Crippen LogP) is 3.34. The van der Waals surface area contributed by atoms with E-state index in [2.05, 4.69) is 32.6 Å². The first-order valence-corrected chi connectivity index (χ1v) is 7.26. The maximum atomic E-state index is 13.3. The molecule has 0 aromatic heterocycles. The van der Waals surface area contributed by atoms with Gasteiger partial charge in [-0.3, -0.25) is 4.90 Å². The molecule has 1 atom stereocenters. The number of hydrogen-bond donors (Lipinski definition) is 1. The van der Waals surface area contributed by atoms with Crippen molar-refractivity contribution in [2.24, 2.45) is 5.73 Å². The Bertz CT molecular complexity index is 411. The Labute approximate surface area is 121 Å². The lowest BCUT2D eigenvalue weighted by atomic mass is 10.1. The van der Waals surface area contributed by atoms with Crippen molar-refractivity contribution < 1.29 is 9.13 Å². The summed E-state index contributed by atoms with van der Waals surface area (Å²) in [5, 5.41) is 0. The molecular weight excluding hydrogens is 255 g/mol. The van der Waals surface area contributed by atoms with Crippen LogP contribution < -0.4 is 10.5 Å². The SMILES string of the molecule is CC(C)N(CCOc1ccc(F)cc1[C@@H](C)N)C(C)C. The molecule has 0 aliphatic carbocycles. The minimum absolute atomic E-state index is 0.244. The lowest BCUT2D eigenvalue weighted by Crippen LogP contribution is -2.39. The van der Waals surface area contributed by atoms with E-state index < -0.39 is 0 Å². The lowest BCUT2D eigenvalue weighted by Gasteiger charge is -2.30. The standard InChI is InChI=1S/C16H27FN2O/c1-11(2)19(12(3)4)8-9-20-16-7-6-14(17)10-15(16)13(5)18/h6-7,10-13H,8-9,18H2,1-5H3/t13-/m1/s1. The van der Waals surface area contributed by atoms with Crippen molar-refractivity contribution >= 4 is 0 Å². The molecule has 0 saturated carbocycles. The monoisotopic (exact) mass is 282 g/mol. The van der Waals surface area contributed by atoms with Crippen LogP contribution in [0, 0.1) is 5.82 Å². The first-order valence-electron chi connectivity index (χ1n) is 7.26. The zero-order valence-corrected chi connectivity index (χ0v) is 13.2. The molecule has 0 aliphatic heterocycles. The fourth-order valence-electron chi connectivity index (χ4n) is 2.38. The number of nitrogens with zero attached hydrogens (tertiary/aromatic N) is 1. The Hall–Kier alpha value is -1.13. The smallest absolute Gasteiger partial charge is 0.124 e. The number of hydrogen-bond acceptors (Lipinski definition) is 3. The zero-order valence-electron chi connectivity index (χ0n) is 13.2. The third-order valence-electron chi connectivity index (χ3n) is 3.40. The van der Waals surface area contributed by atoms with Gasteiger partial charge >= 0.3 is 0 Å². The number of halogens is 1. The number of benzene rings is 1. The van der Waals surface area contributed by atoms with Crippen molar-refractivity contribution in [1.82, 2.24) is 4.90 Å². The molecule has 1 aromatic rings. The van der Waals surface area contributed by atoms with E-state index in [1.54, 1.807) is 6.07 Å². The predicted molar refractivity (Wildman–Crippen MR) is 81.5 cm³/mol. The van der Waals surface area contributed by atoms with Crippen LogP contribution in [0.5, 0.6) is 5.75 Å². The van der Waals surface area contributed by atoms with Crippen molar-refractivity contribution in [3.63, 3.8) is 0 Å². The van der Waals surface area contributed by atoms with E-state index in [1.165, 1.54) is 12.1 Å². The second-order valence-corrected chi connectivity index (χ2v) is 5.74. The normalized spacial score (nSPS) is 13.3. The van der Waals surface area contributed by atoms with Crippen LogP contribution in [0.4, 0.5) is 4.39 Å². The molecule has 0 heterocycles. The molecular formula is C16H27FN2O. The molecule has 0 unspecified atom stereocenters. The summed E-state index contributed by atoms with van der Waals surface area (Å²) in [6.45, 7) is 11.9. The van der Waals surface area contributed by atoms with Gasteiger partial charge in [0.2, 0.25) is 0 Å². The Morgan fingerprint density at radius 1 is 1.15 bits per heavy atom. The second-order valence-electron chi connectivity index (χ2n) is 5.74. The van der Waals surface area contributed by atoms with E-state index in [0.29, 0.717) is 30.0 Å². The van der Waals surface area contributed by atoms with E-state index in [9.17, 15) is 4.39 Å². The summed E-state index contributed by atoms with van der Waals surface area (Å²) in [6.07, 6.45) is 0. The summed E-state index contributed by atoms with van der Waals surface area (Å²) in [7, 11) is 0. The highest BCUT2D eigenvalue weighted by molar-refractivity contribution is 5.36. The summed E-state index contributed by atoms with van der Waals surface area (Å²) < 4.78 is 19.0. The minimum atomic E-state index is -0.282. The third kappa shape index (κ3) is 4.76. The van der Waals surface area contributed by atoms with Crippen LogP contribution in [0.25, 0.3) is 0 Å². The molecule has 3 nitrogen and oxygen atoms in total. The number of ether oxygens (including phenoxy) is 1. The summed E-state index contributed by atoms with van der Waals surface area (Å²) in [5.74, 6) is 0.393. The summed E-state index contributed by atoms with van der Waals surface area (Å²) >= 11 is 0. The largest absolute Gasteiger partial charge is 0.492 e. The first-order chi connectivity index (χ1) is 9.32. The van der Waals surface area contributed by atoms with Gasteiger partial charge in [0.05, 0.1) is 0 Å². The maximum Gasteiger partial charge on any atom is 0.124 e. The zero-order chi connectivity index (χ0) is 15.3. The van der Waals surface area contributed by atoms with E-state index in [1.807, 2.05) is 6.92 Å². The molecule has 20 heavy (non-hydrogen) atoms. The van der Waals surface area contributed by atoms with E-state index in [4.69, 9.17) is 10.5 Å². The van der Waals surface area contributed by atoms with Gasteiger partial charge in [-0.25, -0.2) is 4.39 Å². The van der Waals surface area contributed by atoms with E-state index in [0.717, 1.165) is 6.54 Å². The quantitative estimate of drug-likeness (QED) is 0.833. The van der Waals surface area contributed by atoms with Crippen LogP contribution in [0.3, 0.4) is 0 Å². The lowest BCUT2D eigenvalue weighted by molar-refractivity contribution is 0.141. The van der Waals surface area contributed by atoms with Gasteiger partial charge in [-0.2, -0.15) is 0 Å². The Morgan fingerprint density at radius 3 is 2.25 bits per heavy atom. The fourth-order valence-corrected chi connectivity index (χ4v) is 2.38. The molecule has 2 N–H and O–H groups in total. The van der Waals surface area contributed by atoms with Crippen molar-refractivity contribution in [2.45, 2.75) is 52.7 Å². The highest BCUT2D eigenvalue weighted by Gasteiger charge is 2.14. The Morgan fingerprint density at radius 2 is 1.75 bits per heavy atom. The van der Waals surface area contributed by atoms with Gasteiger partial charge < -0.3 is 10.5 Å². The third-order valence-corrected chi connectivity index (χ3v) is 3.40. The van der Waals surface area contributed by atoms with Gasteiger partial charge in [0.25, 0.3) is 0 Å². The van der Waals surface area contributed by atoms with Crippen molar-refractivity contribution in [1.29, 1.82) is 0 Å². The topological polar surface area (TPSA) is 38.5 Å². The molecule has 0 amide bonds. The van der Waals surface area contributed by atoms with Crippen LogP contribution in [0.1, 0.15) is 46.2 Å². The highest BCUT2D eigenvalue weighted by atomic mass is 19.1. The van der Waals surface area contributed by atoms with Crippen LogP contribution in [-0.2, 0) is 0 Å². The second kappa shape index (κ2) is 7.60. The van der Waals surface area contributed by atoms with Crippen LogP contribution >= 0.6 is 0 Å². The van der Waals surface area contributed by atoms with E-state index >= 15 is 0 Å². The average molecular weight is 282 g/mol. The molecule has 0 saturated heterocycles. The Kier molecular flexibility index (Phi) is 6.43. The molecule has 0 fully saturated rings. The van der Waals surface area contributed by atoms with Crippen LogP contribution in [0.15, 0.2) is 18.2 Å². The summed E-state index contributed by atoms with van der Waals surface area (Å²) in [4.78, 5) is 2.36. The molecule has 0 aliphatic rings. The number of rotatable bonds is 7. The molecule has 0 bridgehead atoms. The van der Waals surface area contributed by atoms with Gasteiger partial charge in [0, 0.05) is 30.2 Å². The van der Waals surface area contributed by atoms with Crippen molar-refractivity contribution in [3.05, 3.63) is 29.6 Å². The van der Waals surface area contributed by atoms with Crippen molar-refractivity contribution in [2.75, 3.05) is 13.2 Å². The first kappa shape index (κ1) is 16.9. The van der Waals surface area contributed by atoms with Crippen molar-refractivity contribution in [3.8, 4) is 5.75 Å². The maximum absolute atomic E-state index is 13.3. The molecule has 4 heteroatoms. The van der Waals surface area contributed by atoms with Gasteiger partial charge in [0.15, 0.2) is 0 Å². The minimum Gasteiger partial charge on any atom is -0.492 e. The molecule has 0 spiro atoms. The molecule has 1 aromatic carbocycles. The highest BCUT2D eigenvalue weighted by Crippen LogP contribution is 2.24. The van der Waals surface area contributed by atoms with Gasteiger partial charge in [-0.15, -0.1) is 0 Å². The molecule has 114 valence electrons. The summed E-state index contributed by atoms with van der Waals surface area (Å²) in [6, 6.07) is 5.21.